The molecule has 0 bridgehead atoms. The van der Waals surface area contributed by atoms with E-state index in [1.807, 2.05) is 13.0 Å². The Kier molecular flexibility index (Phi) is 4.80. The molecule has 0 aliphatic carbocycles. The van der Waals surface area contributed by atoms with Crippen LogP contribution in [0.3, 0.4) is 0 Å². The highest BCUT2D eigenvalue weighted by Crippen LogP contribution is 2.30. The number of benzene rings is 1. The SMILES string of the molecule is COc1ccnc(CS(=O)c2ccc(N)c(C)c2)c1OC. The molecule has 0 fully saturated rings. The number of ether oxygens (including phenoxy) is 2. The Morgan fingerprint density at radius 3 is 2.62 bits per heavy atom. The van der Waals surface area contributed by atoms with Crippen molar-refractivity contribution >= 4 is 16.5 Å². The molecule has 0 aliphatic heterocycles. The summed E-state index contributed by atoms with van der Waals surface area (Å²) in [5.74, 6) is 1.34. The Balaban J connectivity index is 2.29. The van der Waals surface area contributed by atoms with Crippen LogP contribution >= 0.6 is 0 Å². The van der Waals surface area contributed by atoms with Crippen LogP contribution in [0.1, 0.15) is 11.3 Å². The minimum Gasteiger partial charge on any atom is -0.493 e. The van der Waals surface area contributed by atoms with Crippen LogP contribution in [-0.4, -0.2) is 23.4 Å². The van der Waals surface area contributed by atoms with Crippen molar-refractivity contribution in [1.29, 1.82) is 0 Å². The lowest BCUT2D eigenvalue weighted by Gasteiger charge is -2.11. The first kappa shape index (κ1) is 15.3. The summed E-state index contributed by atoms with van der Waals surface area (Å²) in [6, 6.07) is 7.07. The van der Waals surface area contributed by atoms with Crippen LogP contribution in [0.25, 0.3) is 0 Å². The van der Waals surface area contributed by atoms with Crippen molar-refractivity contribution in [1.82, 2.24) is 4.98 Å². The lowest BCUT2D eigenvalue weighted by molar-refractivity contribution is 0.350. The second kappa shape index (κ2) is 6.58. The number of anilines is 1. The van der Waals surface area contributed by atoms with Gasteiger partial charge in [0.15, 0.2) is 11.5 Å². The molecule has 1 heterocycles. The Bertz CT molecular complexity index is 674. The first-order valence-corrected chi connectivity index (χ1v) is 7.69. The maximum Gasteiger partial charge on any atom is 0.183 e. The van der Waals surface area contributed by atoms with E-state index in [1.54, 1.807) is 38.6 Å². The highest BCUT2D eigenvalue weighted by atomic mass is 32.2. The van der Waals surface area contributed by atoms with Crippen LogP contribution in [-0.2, 0) is 16.6 Å². The van der Waals surface area contributed by atoms with Crippen LogP contribution < -0.4 is 15.2 Å². The van der Waals surface area contributed by atoms with Crippen molar-refractivity contribution in [3.63, 3.8) is 0 Å². The van der Waals surface area contributed by atoms with Gasteiger partial charge in [0.05, 0.1) is 36.5 Å². The molecule has 1 unspecified atom stereocenters. The molecule has 1 atom stereocenters. The molecular formula is C15H18N2O3S. The number of nitrogens with zero attached hydrogens (tertiary/aromatic N) is 1. The van der Waals surface area contributed by atoms with Crippen molar-refractivity contribution in [3.05, 3.63) is 41.7 Å². The van der Waals surface area contributed by atoms with Gasteiger partial charge in [0.25, 0.3) is 0 Å². The quantitative estimate of drug-likeness (QED) is 0.858. The van der Waals surface area contributed by atoms with E-state index in [2.05, 4.69) is 4.98 Å². The van der Waals surface area contributed by atoms with Gasteiger partial charge >= 0.3 is 0 Å². The molecule has 0 aliphatic rings. The molecule has 5 nitrogen and oxygen atoms in total. The number of aromatic nitrogens is 1. The van der Waals surface area contributed by atoms with Crippen LogP contribution in [0.5, 0.6) is 11.5 Å². The highest BCUT2D eigenvalue weighted by molar-refractivity contribution is 7.84. The summed E-state index contributed by atoms with van der Waals surface area (Å²) in [6.07, 6.45) is 1.61. The molecule has 0 radical (unpaired) electrons. The predicted octanol–water partition coefficient (Wildman–Crippen LogP) is 2.30. The highest BCUT2D eigenvalue weighted by Gasteiger charge is 2.15. The number of aryl methyl sites for hydroxylation is 1. The molecule has 6 heteroatoms. The Labute approximate surface area is 126 Å². The van der Waals surface area contributed by atoms with Gasteiger partial charge in [-0.15, -0.1) is 0 Å². The van der Waals surface area contributed by atoms with E-state index in [1.165, 1.54) is 0 Å². The van der Waals surface area contributed by atoms with Crippen LogP contribution in [0, 0.1) is 6.92 Å². The summed E-state index contributed by atoms with van der Waals surface area (Å²) in [5.41, 5.74) is 7.98. The lowest BCUT2D eigenvalue weighted by Crippen LogP contribution is -2.03. The van der Waals surface area contributed by atoms with Crippen molar-refractivity contribution < 1.29 is 13.7 Å². The number of nitrogens with two attached hydrogens (primary N) is 1. The first-order chi connectivity index (χ1) is 10.1. The van der Waals surface area contributed by atoms with Crippen molar-refractivity contribution in [2.24, 2.45) is 0 Å². The topological polar surface area (TPSA) is 74.4 Å². The first-order valence-electron chi connectivity index (χ1n) is 6.37. The van der Waals surface area contributed by atoms with Gasteiger partial charge in [-0.3, -0.25) is 9.19 Å². The Hall–Kier alpha value is -2.08. The summed E-state index contributed by atoms with van der Waals surface area (Å²) in [6.45, 7) is 1.89. The minimum absolute atomic E-state index is 0.254. The maximum atomic E-state index is 12.5. The van der Waals surface area contributed by atoms with Gasteiger partial charge < -0.3 is 15.2 Å². The fourth-order valence-corrected chi connectivity index (χ4v) is 3.10. The fraction of sp³-hybridized carbons (Fsp3) is 0.267. The van der Waals surface area contributed by atoms with Crippen molar-refractivity contribution in [3.8, 4) is 11.5 Å². The maximum absolute atomic E-state index is 12.5. The molecule has 0 amide bonds. The lowest BCUT2D eigenvalue weighted by atomic mass is 10.2. The third kappa shape index (κ3) is 3.33. The van der Waals surface area contributed by atoms with Gasteiger partial charge in [-0.25, -0.2) is 0 Å². The number of hydrogen-bond acceptors (Lipinski definition) is 5. The largest absolute Gasteiger partial charge is 0.493 e. The van der Waals surface area contributed by atoms with Gasteiger partial charge in [-0.05, 0) is 30.7 Å². The van der Waals surface area contributed by atoms with Gasteiger partial charge in [0.1, 0.15) is 0 Å². The average Bonchev–Trinajstić information content (AvgIpc) is 2.49. The van der Waals surface area contributed by atoms with E-state index < -0.39 is 10.8 Å². The number of nitrogen functional groups attached to an aromatic ring is 1. The molecule has 2 N–H and O–H groups in total. The Morgan fingerprint density at radius 1 is 1.24 bits per heavy atom. The third-order valence-electron chi connectivity index (χ3n) is 3.14. The van der Waals surface area contributed by atoms with E-state index >= 15 is 0 Å². The normalized spacial score (nSPS) is 12.0. The summed E-state index contributed by atoms with van der Waals surface area (Å²) in [7, 11) is 1.87. The number of hydrogen-bond donors (Lipinski definition) is 1. The summed E-state index contributed by atoms with van der Waals surface area (Å²) in [5, 5.41) is 0. The van der Waals surface area contributed by atoms with E-state index in [0.717, 1.165) is 5.56 Å². The van der Waals surface area contributed by atoms with Crippen molar-refractivity contribution in [2.45, 2.75) is 17.6 Å². The van der Waals surface area contributed by atoms with E-state index in [4.69, 9.17) is 15.2 Å². The zero-order chi connectivity index (χ0) is 15.4. The minimum atomic E-state index is -1.23. The molecule has 2 rings (SSSR count). The van der Waals surface area contributed by atoms with E-state index in [-0.39, 0.29) is 5.75 Å². The van der Waals surface area contributed by atoms with Crippen LogP contribution in [0.2, 0.25) is 0 Å². The third-order valence-corrected chi connectivity index (χ3v) is 4.45. The molecule has 112 valence electrons. The molecule has 0 saturated carbocycles. The summed E-state index contributed by atoms with van der Waals surface area (Å²) < 4.78 is 23.0. The van der Waals surface area contributed by atoms with Crippen molar-refractivity contribution in [2.75, 3.05) is 20.0 Å². The molecule has 21 heavy (non-hydrogen) atoms. The average molecular weight is 306 g/mol. The summed E-state index contributed by atoms with van der Waals surface area (Å²) >= 11 is 0. The van der Waals surface area contributed by atoms with E-state index in [0.29, 0.717) is 27.8 Å². The predicted molar refractivity (Wildman–Crippen MR) is 83.0 cm³/mol. The van der Waals surface area contributed by atoms with Gasteiger partial charge in [0, 0.05) is 22.8 Å². The van der Waals surface area contributed by atoms with Crippen LogP contribution in [0.15, 0.2) is 35.4 Å². The second-order valence-corrected chi connectivity index (χ2v) is 5.95. The molecule has 0 saturated heterocycles. The van der Waals surface area contributed by atoms with Gasteiger partial charge in [-0.2, -0.15) is 0 Å². The molecular weight excluding hydrogens is 288 g/mol. The number of methoxy groups -OCH3 is 2. The molecule has 0 spiro atoms. The monoisotopic (exact) mass is 306 g/mol. The molecule has 1 aromatic carbocycles. The zero-order valence-electron chi connectivity index (χ0n) is 12.3. The van der Waals surface area contributed by atoms with Gasteiger partial charge in [0.2, 0.25) is 0 Å². The zero-order valence-corrected chi connectivity index (χ0v) is 13.1. The van der Waals surface area contributed by atoms with Crippen LogP contribution in [0.4, 0.5) is 5.69 Å². The molecule has 1 aromatic heterocycles. The standard InChI is InChI=1S/C15H18N2O3S/c1-10-8-11(4-5-12(10)16)21(18)9-13-15(20-3)14(19-2)6-7-17-13/h4-8H,9,16H2,1-3H3. The number of pyridine rings is 1. The molecule has 2 aromatic rings. The van der Waals surface area contributed by atoms with Gasteiger partial charge in [-0.1, -0.05) is 0 Å². The smallest absolute Gasteiger partial charge is 0.183 e. The van der Waals surface area contributed by atoms with E-state index in [9.17, 15) is 4.21 Å². The Morgan fingerprint density at radius 2 is 2.00 bits per heavy atom. The summed E-state index contributed by atoms with van der Waals surface area (Å²) in [4.78, 5) is 4.96. The second-order valence-electron chi connectivity index (χ2n) is 4.50. The number of rotatable bonds is 5. The fourth-order valence-electron chi connectivity index (χ4n) is 1.95.